The molecule has 0 aromatic heterocycles. The van der Waals surface area contributed by atoms with Gasteiger partial charge >= 0.3 is 0 Å². The van der Waals surface area contributed by atoms with Crippen LogP contribution in [-0.2, 0) is 0 Å². The van der Waals surface area contributed by atoms with E-state index in [1.54, 1.807) is 0 Å². The highest BCUT2D eigenvalue weighted by molar-refractivity contribution is 6.31. The fraction of sp³-hybridized carbons (Fsp3) is 0.647. The number of likely N-dealkylation sites (N-methyl/N-ethyl adjacent to an activating group) is 1. The maximum absolute atomic E-state index is 6.51. The van der Waals surface area contributed by atoms with Crippen molar-refractivity contribution in [1.82, 2.24) is 10.2 Å². The fourth-order valence-electron chi connectivity index (χ4n) is 3.13. The number of halogens is 1. The summed E-state index contributed by atoms with van der Waals surface area (Å²) in [5.74, 6) is 0. The second-order valence-electron chi connectivity index (χ2n) is 6.09. The zero-order valence-electron chi connectivity index (χ0n) is 13.7. The summed E-state index contributed by atoms with van der Waals surface area (Å²) < 4.78 is 0. The van der Waals surface area contributed by atoms with Gasteiger partial charge in [0.25, 0.3) is 0 Å². The van der Waals surface area contributed by atoms with Crippen LogP contribution in [0.3, 0.4) is 0 Å². The van der Waals surface area contributed by atoms with Crippen LogP contribution in [0.15, 0.2) is 18.2 Å². The van der Waals surface area contributed by atoms with E-state index in [4.69, 9.17) is 11.6 Å². The van der Waals surface area contributed by atoms with Crippen LogP contribution in [-0.4, -0.2) is 44.7 Å². The van der Waals surface area contributed by atoms with Crippen LogP contribution < -0.4 is 10.2 Å². The Hall–Kier alpha value is -0.770. The normalized spacial score (nSPS) is 22.1. The largest absolute Gasteiger partial charge is 0.367 e. The number of nitrogens with zero attached hydrogens (tertiary/aromatic N) is 2. The van der Waals surface area contributed by atoms with Gasteiger partial charge in [0, 0.05) is 35.9 Å². The van der Waals surface area contributed by atoms with E-state index in [1.807, 2.05) is 7.05 Å². The molecule has 4 heteroatoms. The molecule has 3 nitrogen and oxygen atoms in total. The van der Waals surface area contributed by atoms with Crippen molar-refractivity contribution in [2.75, 3.05) is 38.6 Å². The molecule has 1 fully saturated rings. The molecule has 21 heavy (non-hydrogen) atoms. The average molecular weight is 310 g/mol. The Bertz CT molecular complexity index is 463. The molecule has 1 aromatic rings. The molecular formula is C17H28ClN3. The summed E-state index contributed by atoms with van der Waals surface area (Å²) in [4.78, 5) is 4.97. The first-order chi connectivity index (χ1) is 10.1. The fourth-order valence-corrected chi connectivity index (χ4v) is 3.47. The number of rotatable bonds is 4. The van der Waals surface area contributed by atoms with Crippen molar-refractivity contribution in [3.8, 4) is 0 Å². The minimum atomic E-state index is 0.281. The summed E-state index contributed by atoms with van der Waals surface area (Å²) in [6.45, 7) is 7.82. The summed E-state index contributed by atoms with van der Waals surface area (Å²) in [5.41, 5.74) is 2.43. The molecule has 1 N–H and O–H groups in total. The molecule has 1 aliphatic rings. The van der Waals surface area contributed by atoms with Crippen molar-refractivity contribution in [2.24, 2.45) is 0 Å². The summed E-state index contributed by atoms with van der Waals surface area (Å²) in [6.07, 6.45) is 2.37. The van der Waals surface area contributed by atoms with Gasteiger partial charge in [-0.05, 0) is 58.1 Å². The van der Waals surface area contributed by atoms with Gasteiger partial charge in [-0.1, -0.05) is 24.6 Å². The predicted molar refractivity (Wildman–Crippen MR) is 92.5 cm³/mol. The Morgan fingerprint density at radius 3 is 2.76 bits per heavy atom. The smallest absolute Gasteiger partial charge is 0.0474 e. The van der Waals surface area contributed by atoms with Gasteiger partial charge in [-0.15, -0.1) is 0 Å². The van der Waals surface area contributed by atoms with E-state index in [-0.39, 0.29) is 6.04 Å². The first kappa shape index (κ1) is 16.6. The second-order valence-corrected chi connectivity index (χ2v) is 6.49. The summed E-state index contributed by atoms with van der Waals surface area (Å²) in [7, 11) is 4.18. The Balaban J connectivity index is 2.25. The Morgan fingerprint density at radius 2 is 2.14 bits per heavy atom. The number of nitrogens with one attached hydrogen (secondary N) is 1. The molecule has 0 radical (unpaired) electrons. The van der Waals surface area contributed by atoms with Crippen molar-refractivity contribution < 1.29 is 0 Å². The molecule has 1 aliphatic heterocycles. The molecule has 0 spiro atoms. The van der Waals surface area contributed by atoms with Crippen molar-refractivity contribution in [1.29, 1.82) is 0 Å². The van der Waals surface area contributed by atoms with Crippen molar-refractivity contribution >= 4 is 17.3 Å². The summed E-state index contributed by atoms with van der Waals surface area (Å²) in [6, 6.07) is 7.38. The number of hydrogen-bond acceptors (Lipinski definition) is 3. The van der Waals surface area contributed by atoms with E-state index in [0.29, 0.717) is 6.04 Å². The van der Waals surface area contributed by atoms with Gasteiger partial charge in [-0.25, -0.2) is 0 Å². The van der Waals surface area contributed by atoms with Crippen molar-refractivity contribution in [2.45, 2.75) is 38.8 Å². The van der Waals surface area contributed by atoms with Crippen molar-refractivity contribution in [3.63, 3.8) is 0 Å². The molecular weight excluding hydrogens is 282 g/mol. The van der Waals surface area contributed by atoms with Crippen LogP contribution in [0.25, 0.3) is 0 Å². The molecule has 1 saturated heterocycles. The van der Waals surface area contributed by atoms with Gasteiger partial charge in [-0.3, -0.25) is 0 Å². The highest BCUT2D eigenvalue weighted by atomic mass is 35.5. The highest BCUT2D eigenvalue weighted by Crippen LogP contribution is 2.30. The standard InChI is InChI=1S/C17H28ClN3/c1-5-14-12-20(4)9-6-10-21(14)15-7-8-16(13(2)19-3)17(18)11-15/h7-8,11,13-14,19H,5-6,9-10,12H2,1-4H3. The SMILES string of the molecule is CCC1CN(C)CCCN1c1ccc(C(C)NC)c(Cl)c1. The van der Waals surface area contributed by atoms with E-state index in [0.717, 1.165) is 24.5 Å². The lowest BCUT2D eigenvalue weighted by molar-refractivity contribution is 0.328. The molecule has 0 aliphatic carbocycles. The van der Waals surface area contributed by atoms with Crippen LogP contribution >= 0.6 is 11.6 Å². The van der Waals surface area contributed by atoms with E-state index >= 15 is 0 Å². The zero-order valence-corrected chi connectivity index (χ0v) is 14.5. The van der Waals surface area contributed by atoms with Crippen LogP contribution in [0.5, 0.6) is 0 Å². The molecule has 2 rings (SSSR count). The van der Waals surface area contributed by atoms with E-state index in [1.165, 1.54) is 24.2 Å². The molecule has 2 unspecified atom stereocenters. The lowest BCUT2D eigenvalue weighted by Gasteiger charge is -2.32. The third-order valence-electron chi connectivity index (χ3n) is 4.59. The average Bonchev–Trinajstić information content (AvgIpc) is 2.67. The number of benzene rings is 1. The molecule has 0 bridgehead atoms. The Kier molecular flexibility index (Phi) is 5.91. The Morgan fingerprint density at radius 1 is 1.38 bits per heavy atom. The molecule has 2 atom stereocenters. The summed E-state index contributed by atoms with van der Waals surface area (Å²) >= 11 is 6.51. The third-order valence-corrected chi connectivity index (χ3v) is 4.92. The first-order valence-electron chi connectivity index (χ1n) is 7.98. The zero-order chi connectivity index (χ0) is 15.4. The van der Waals surface area contributed by atoms with Gasteiger partial charge in [0.15, 0.2) is 0 Å². The predicted octanol–water partition coefficient (Wildman–Crippen LogP) is 3.54. The first-order valence-corrected chi connectivity index (χ1v) is 8.36. The number of anilines is 1. The van der Waals surface area contributed by atoms with Crippen LogP contribution in [0, 0.1) is 0 Å². The van der Waals surface area contributed by atoms with Gasteiger partial charge in [0.05, 0.1) is 0 Å². The molecule has 0 saturated carbocycles. The van der Waals surface area contributed by atoms with Gasteiger partial charge < -0.3 is 15.1 Å². The highest BCUT2D eigenvalue weighted by Gasteiger charge is 2.23. The van der Waals surface area contributed by atoms with Gasteiger partial charge in [0.1, 0.15) is 0 Å². The molecule has 118 valence electrons. The topological polar surface area (TPSA) is 18.5 Å². The lowest BCUT2D eigenvalue weighted by atomic mass is 10.1. The molecule has 1 aromatic carbocycles. The van der Waals surface area contributed by atoms with Crippen LogP contribution in [0.4, 0.5) is 5.69 Å². The van der Waals surface area contributed by atoms with Crippen LogP contribution in [0.2, 0.25) is 5.02 Å². The second kappa shape index (κ2) is 7.48. The molecule has 0 amide bonds. The van der Waals surface area contributed by atoms with Crippen molar-refractivity contribution in [3.05, 3.63) is 28.8 Å². The minimum absolute atomic E-state index is 0.281. The number of hydrogen-bond donors (Lipinski definition) is 1. The van der Waals surface area contributed by atoms with E-state index < -0.39 is 0 Å². The Labute approximate surface area is 134 Å². The van der Waals surface area contributed by atoms with Crippen LogP contribution in [0.1, 0.15) is 38.3 Å². The maximum atomic E-state index is 6.51. The maximum Gasteiger partial charge on any atom is 0.0474 e. The van der Waals surface area contributed by atoms with Gasteiger partial charge in [-0.2, -0.15) is 0 Å². The summed E-state index contributed by atoms with van der Waals surface area (Å²) in [5, 5.41) is 4.11. The van der Waals surface area contributed by atoms with Gasteiger partial charge in [0.2, 0.25) is 0 Å². The van der Waals surface area contributed by atoms with E-state index in [9.17, 15) is 0 Å². The lowest BCUT2D eigenvalue weighted by Crippen LogP contribution is -2.39. The monoisotopic (exact) mass is 309 g/mol. The molecule has 1 heterocycles. The van der Waals surface area contributed by atoms with E-state index in [2.05, 4.69) is 54.2 Å². The quantitative estimate of drug-likeness (QED) is 0.918. The third kappa shape index (κ3) is 3.91. The minimum Gasteiger partial charge on any atom is -0.367 e.